The van der Waals surface area contributed by atoms with E-state index in [1.165, 1.54) is 12.1 Å². The molecule has 0 atom stereocenters. The molecule has 1 heterocycles. The lowest BCUT2D eigenvalue weighted by molar-refractivity contribution is 0.625. The Kier molecular flexibility index (Phi) is 2.67. The maximum atomic E-state index is 13.3. The molecule has 2 aromatic rings. The van der Waals surface area contributed by atoms with Gasteiger partial charge in [-0.25, -0.2) is 4.39 Å². The summed E-state index contributed by atoms with van der Waals surface area (Å²) < 4.78 is 15.8. The van der Waals surface area contributed by atoms with Crippen molar-refractivity contribution in [1.82, 2.24) is 14.8 Å². The Bertz CT molecular complexity index is 580. The molecule has 1 aromatic heterocycles. The standard InChI is InChI=1S/C11H8BrClFN3/c12-8-4-3-7(14)5-9(8)17-10(6-1-2-6)15-16-11(17)13/h3-6H,1-2H2. The molecular weight excluding hydrogens is 308 g/mol. The highest BCUT2D eigenvalue weighted by Gasteiger charge is 2.31. The van der Waals surface area contributed by atoms with Gasteiger partial charge in [0.1, 0.15) is 11.6 Å². The molecule has 0 unspecified atom stereocenters. The van der Waals surface area contributed by atoms with Crippen molar-refractivity contribution >= 4 is 27.5 Å². The number of benzene rings is 1. The number of nitrogens with zero attached hydrogens (tertiary/aromatic N) is 3. The summed E-state index contributed by atoms with van der Waals surface area (Å²) in [4.78, 5) is 0. The van der Waals surface area contributed by atoms with E-state index >= 15 is 0 Å². The molecule has 6 heteroatoms. The molecule has 17 heavy (non-hydrogen) atoms. The van der Waals surface area contributed by atoms with Gasteiger partial charge < -0.3 is 0 Å². The van der Waals surface area contributed by atoms with Crippen LogP contribution in [0.3, 0.4) is 0 Å². The van der Waals surface area contributed by atoms with Crippen LogP contribution >= 0.6 is 27.5 Å². The Morgan fingerprint density at radius 2 is 2.12 bits per heavy atom. The molecule has 0 radical (unpaired) electrons. The number of aromatic nitrogens is 3. The van der Waals surface area contributed by atoms with Crippen molar-refractivity contribution in [2.45, 2.75) is 18.8 Å². The van der Waals surface area contributed by atoms with Crippen LogP contribution in [0.25, 0.3) is 5.69 Å². The molecule has 1 saturated carbocycles. The first-order chi connectivity index (χ1) is 8.16. The third-order valence-electron chi connectivity index (χ3n) is 2.74. The van der Waals surface area contributed by atoms with Gasteiger partial charge in [-0.1, -0.05) is 0 Å². The third-order valence-corrected chi connectivity index (χ3v) is 3.66. The Hall–Kier alpha value is -0.940. The summed E-state index contributed by atoms with van der Waals surface area (Å²) in [6.07, 6.45) is 2.17. The van der Waals surface area contributed by atoms with Crippen molar-refractivity contribution in [2.24, 2.45) is 0 Å². The predicted molar refractivity (Wildman–Crippen MR) is 66.0 cm³/mol. The summed E-state index contributed by atoms with van der Waals surface area (Å²) in [5.41, 5.74) is 0.641. The molecule has 1 aliphatic carbocycles. The first-order valence-electron chi connectivity index (χ1n) is 5.23. The van der Waals surface area contributed by atoms with Crippen molar-refractivity contribution in [2.75, 3.05) is 0 Å². The average molecular weight is 317 g/mol. The van der Waals surface area contributed by atoms with E-state index in [2.05, 4.69) is 26.1 Å². The van der Waals surface area contributed by atoms with Gasteiger partial charge in [0.2, 0.25) is 5.28 Å². The Labute approximate surface area is 111 Å². The minimum absolute atomic E-state index is 0.262. The molecule has 0 spiro atoms. The summed E-state index contributed by atoms with van der Waals surface area (Å²) in [6.45, 7) is 0. The zero-order chi connectivity index (χ0) is 12.0. The molecule has 1 aliphatic rings. The molecule has 1 fully saturated rings. The lowest BCUT2D eigenvalue weighted by Crippen LogP contribution is -2.01. The highest BCUT2D eigenvalue weighted by molar-refractivity contribution is 9.10. The predicted octanol–water partition coefficient (Wildman–Crippen LogP) is 3.70. The normalized spacial score (nSPS) is 15.2. The van der Waals surface area contributed by atoms with E-state index in [4.69, 9.17) is 11.6 Å². The SMILES string of the molecule is Fc1ccc(Br)c(-n2c(Cl)nnc2C2CC2)c1. The summed E-state index contributed by atoms with van der Waals surface area (Å²) in [6, 6.07) is 4.46. The highest BCUT2D eigenvalue weighted by atomic mass is 79.9. The topological polar surface area (TPSA) is 30.7 Å². The van der Waals surface area contributed by atoms with Crippen molar-refractivity contribution < 1.29 is 4.39 Å². The lowest BCUT2D eigenvalue weighted by Gasteiger charge is -2.09. The van der Waals surface area contributed by atoms with Crippen molar-refractivity contribution in [1.29, 1.82) is 0 Å². The van der Waals surface area contributed by atoms with Crippen LogP contribution in [0.15, 0.2) is 22.7 Å². The fourth-order valence-corrected chi connectivity index (χ4v) is 2.40. The summed E-state index contributed by atoms with van der Waals surface area (Å²) >= 11 is 9.41. The van der Waals surface area contributed by atoms with Gasteiger partial charge in [0.05, 0.1) is 5.69 Å². The molecule has 0 amide bonds. The van der Waals surface area contributed by atoms with Crippen LogP contribution in [0.4, 0.5) is 4.39 Å². The number of hydrogen-bond acceptors (Lipinski definition) is 2. The van der Waals surface area contributed by atoms with Crippen LogP contribution in [0, 0.1) is 5.82 Å². The molecular formula is C11H8BrClFN3. The second kappa shape index (κ2) is 4.07. The van der Waals surface area contributed by atoms with E-state index in [0.717, 1.165) is 23.1 Å². The number of rotatable bonds is 2. The van der Waals surface area contributed by atoms with Crippen molar-refractivity contribution in [3.63, 3.8) is 0 Å². The minimum Gasteiger partial charge on any atom is -0.268 e. The van der Waals surface area contributed by atoms with E-state index in [9.17, 15) is 4.39 Å². The molecule has 0 saturated heterocycles. The maximum Gasteiger partial charge on any atom is 0.229 e. The van der Waals surface area contributed by atoms with Crippen molar-refractivity contribution in [3.8, 4) is 5.69 Å². The molecule has 0 bridgehead atoms. The fourth-order valence-electron chi connectivity index (χ4n) is 1.76. The van der Waals surface area contributed by atoms with Gasteiger partial charge in [0.15, 0.2) is 0 Å². The van der Waals surface area contributed by atoms with Crippen molar-refractivity contribution in [3.05, 3.63) is 39.6 Å². The van der Waals surface area contributed by atoms with Crippen LogP contribution in [0.2, 0.25) is 5.28 Å². The number of hydrogen-bond donors (Lipinski definition) is 0. The van der Waals surface area contributed by atoms with Gasteiger partial charge in [-0.15, -0.1) is 10.2 Å². The summed E-state index contributed by atoms with van der Waals surface area (Å²) in [7, 11) is 0. The zero-order valence-electron chi connectivity index (χ0n) is 8.70. The van der Waals surface area contributed by atoms with E-state index in [1.54, 1.807) is 10.6 Å². The smallest absolute Gasteiger partial charge is 0.229 e. The molecule has 3 nitrogen and oxygen atoms in total. The monoisotopic (exact) mass is 315 g/mol. The summed E-state index contributed by atoms with van der Waals surface area (Å²) in [5, 5.41) is 8.18. The van der Waals surface area contributed by atoms with Gasteiger partial charge >= 0.3 is 0 Å². The quantitative estimate of drug-likeness (QED) is 0.846. The van der Waals surface area contributed by atoms with Gasteiger partial charge in [0, 0.05) is 10.4 Å². The largest absolute Gasteiger partial charge is 0.268 e. The first kappa shape index (κ1) is 11.2. The molecule has 0 aliphatic heterocycles. The number of halogens is 3. The van der Waals surface area contributed by atoms with Crippen LogP contribution in [0.5, 0.6) is 0 Å². The van der Waals surface area contributed by atoms with Crippen LogP contribution in [-0.2, 0) is 0 Å². The second-order valence-corrected chi connectivity index (χ2v) is 5.23. The van der Waals surface area contributed by atoms with Gasteiger partial charge in [-0.05, 0) is 58.6 Å². The maximum absolute atomic E-state index is 13.3. The van der Waals surface area contributed by atoms with Crippen LogP contribution in [0.1, 0.15) is 24.6 Å². The zero-order valence-corrected chi connectivity index (χ0v) is 11.0. The fraction of sp³-hybridized carbons (Fsp3) is 0.273. The Morgan fingerprint density at radius 1 is 1.35 bits per heavy atom. The molecule has 88 valence electrons. The van der Waals surface area contributed by atoms with E-state index < -0.39 is 0 Å². The van der Waals surface area contributed by atoms with Crippen LogP contribution < -0.4 is 0 Å². The molecule has 3 rings (SSSR count). The van der Waals surface area contributed by atoms with E-state index in [-0.39, 0.29) is 11.1 Å². The minimum atomic E-state index is -0.310. The third kappa shape index (κ3) is 1.98. The van der Waals surface area contributed by atoms with E-state index in [1.807, 2.05) is 0 Å². The average Bonchev–Trinajstić information content (AvgIpc) is 3.07. The molecule has 1 aromatic carbocycles. The second-order valence-electron chi connectivity index (χ2n) is 4.03. The first-order valence-corrected chi connectivity index (χ1v) is 6.40. The Balaban J connectivity index is 2.19. The molecule has 0 N–H and O–H groups in total. The van der Waals surface area contributed by atoms with Crippen LogP contribution in [-0.4, -0.2) is 14.8 Å². The summed E-state index contributed by atoms with van der Waals surface area (Å²) in [5.74, 6) is 0.890. The van der Waals surface area contributed by atoms with Gasteiger partial charge in [0.25, 0.3) is 0 Å². The van der Waals surface area contributed by atoms with Gasteiger partial charge in [-0.2, -0.15) is 0 Å². The van der Waals surface area contributed by atoms with E-state index in [0.29, 0.717) is 11.6 Å². The highest BCUT2D eigenvalue weighted by Crippen LogP contribution is 2.41. The van der Waals surface area contributed by atoms with Gasteiger partial charge in [-0.3, -0.25) is 4.57 Å². The Morgan fingerprint density at radius 3 is 2.82 bits per heavy atom. The lowest BCUT2D eigenvalue weighted by atomic mass is 10.3.